The van der Waals surface area contributed by atoms with Gasteiger partial charge in [0.1, 0.15) is 0 Å². The van der Waals surface area contributed by atoms with Crippen LogP contribution < -0.4 is 5.32 Å². The van der Waals surface area contributed by atoms with Crippen LogP contribution in [-0.2, 0) is 17.6 Å². The Hall–Kier alpha value is -3.17. The topological polar surface area (TPSA) is 144 Å². The Morgan fingerprint density at radius 2 is 1.41 bits per heavy atom. The average molecular weight is 371 g/mol. The molecule has 0 aliphatic carbocycles. The van der Waals surface area contributed by atoms with Crippen LogP contribution in [0.2, 0.25) is 0 Å². The Morgan fingerprint density at radius 1 is 0.889 bits per heavy atom. The van der Waals surface area contributed by atoms with Gasteiger partial charge in [-0.1, -0.05) is 24.3 Å². The molecule has 8 nitrogen and oxygen atoms in total. The predicted octanol–water partition coefficient (Wildman–Crippen LogP) is 0.365. The predicted molar refractivity (Wildman–Crippen MR) is 96.3 cm³/mol. The van der Waals surface area contributed by atoms with Crippen molar-refractivity contribution in [3.05, 3.63) is 70.8 Å². The first kappa shape index (κ1) is 20.2. The molecule has 0 aliphatic rings. The minimum absolute atomic E-state index is 0.0136. The minimum atomic E-state index is -1.85. The fourth-order valence-corrected chi connectivity index (χ4v) is 2.57. The average Bonchev–Trinajstić information content (AvgIpc) is 2.61. The molecule has 0 spiro atoms. The Balaban J connectivity index is 2.06. The van der Waals surface area contributed by atoms with E-state index in [-0.39, 0.29) is 24.0 Å². The molecule has 2 aromatic carbocycles. The lowest BCUT2D eigenvalue weighted by molar-refractivity contribution is -0.120. The number of hydrogen-bond donors (Lipinski definition) is 5. The molecular formula is C18H18BNO7. The van der Waals surface area contributed by atoms with Gasteiger partial charge in [0.2, 0.25) is 5.91 Å². The van der Waals surface area contributed by atoms with Crippen LogP contribution in [0.5, 0.6) is 0 Å². The van der Waals surface area contributed by atoms with E-state index in [1.165, 1.54) is 36.4 Å². The summed E-state index contributed by atoms with van der Waals surface area (Å²) in [6.07, 6.45) is -0.126. The van der Waals surface area contributed by atoms with E-state index in [4.69, 9.17) is 10.2 Å². The fourth-order valence-electron chi connectivity index (χ4n) is 2.57. The summed E-state index contributed by atoms with van der Waals surface area (Å²) in [5.74, 6) is -3.80. The van der Waals surface area contributed by atoms with E-state index >= 15 is 0 Å². The summed E-state index contributed by atoms with van der Waals surface area (Å²) in [6, 6.07) is 11.8. The van der Waals surface area contributed by atoms with E-state index in [2.05, 4.69) is 5.32 Å². The van der Waals surface area contributed by atoms with Crippen molar-refractivity contribution in [3.8, 4) is 0 Å². The van der Waals surface area contributed by atoms with Crippen LogP contribution >= 0.6 is 0 Å². The van der Waals surface area contributed by atoms with Crippen molar-refractivity contribution < 1.29 is 34.6 Å². The molecule has 1 amide bonds. The quantitative estimate of drug-likeness (QED) is 0.422. The van der Waals surface area contributed by atoms with Crippen LogP contribution in [0.4, 0.5) is 0 Å². The zero-order valence-corrected chi connectivity index (χ0v) is 14.2. The Labute approximate surface area is 155 Å². The van der Waals surface area contributed by atoms with E-state index in [0.717, 1.165) is 0 Å². The van der Waals surface area contributed by atoms with Crippen molar-refractivity contribution in [1.82, 2.24) is 5.32 Å². The lowest BCUT2D eigenvalue weighted by atomic mass is 9.75. The summed E-state index contributed by atoms with van der Waals surface area (Å²) in [5, 5.41) is 39.5. The third kappa shape index (κ3) is 5.94. The molecule has 0 saturated carbocycles. The summed E-state index contributed by atoms with van der Waals surface area (Å²) in [6.45, 7) is 0. The zero-order valence-electron chi connectivity index (χ0n) is 14.2. The van der Waals surface area contributed by atoms with Crippen molar-refractivity contribution in [1.29, 1.82) is 0 Å². The number of amides is 1. The number of carboxylic acid groups (broad SMARTS) is 2. The van der Waals surface area contributed by atoms with Gasteiger partial charge in [-0.2, -0.15) is 0 Å². The second-order valence-electron chi connectivity index (χ2n) is 5.98. The van der Waals surface area contributed by atoms with Gasteiger partial charge >= 0.3 is 19.1 Å². The number of carbonyl (C=O) groups excluding carboxylic acids is 1. The highest BCUT2D eigenvalue weighted by atomic mass is 16.4. The maximum absolute atomic E-state index is 12.2. The fraction of sp³-hybridized carbons (Fsp3) is 0.167. The van der Waals surface area contributed by atoms with E-state index in [9.17, 15) is 24.4 Å². The maximum Gasteiger partial charge on any atom is 0.475 e. The SMILES string of the molecule is O=C(Cc1cccc(C(=O)O)c1)N[C@@H](Cc1cccc(C(=O)O)c1)B(O)O. The van der Waals surface area contributed by atoms with E-state index in [1.807, 2.05) is 0 Å². The first-order chi connectivity index (χ1) is 12.8. The highest BCUT2D eigenvalue weighted by Crippen LogP contribution is 2.10. The van der Waals surface area contributed by atoms with Crippen LogP contribution in [0, 0.1) is 0 Å². The Morgan fingerprint density at radius 3 is 1.93 bits per heavy atom. The number of rotatable bonds is 8. The standard InChI is InChI=1S/C18H18BNO7/c21-16(10-12-4-2-6-14(8-12)18(24)25)20-15(19(26)27)9-11-3-1-5-13(7-11)17(22)23/h1-8,15,26-27H,9-10H2,(H,20,21)(H,22,23)(H,24,25)/t15-/m0/s1. The molecule has 0 fully saturated rings. The van der Waals surface area contributed by atoms with Crippen LogP contribution in [0.15, 0.2) is 48.5 Å². The van der Waals surface area contributed by atoms with Gasteiger partial charge in [-0.25, -0.2) is 9.59 Å². The van der Waals surface area contributed by atoms with Crippen molar-refractivity contribution >= 4 is 25.0 Å². The molecule has 0 bridgehead atoms. The van der Waals surface area contributed by atoms with Gasteiger partial charge in [0.25, 0.3) is 0 Å². The minimum Gasteiger partial charge on any atom is -0.478 e. The second kappa shape index (κ2) is 8.97. The third-order valence-electron chi connectivity index (χ3n) is 3.87. The Kier molecular flexibility index (Phi) is 6.70. The molecule has 0 aromatic heterocycles. The highest BCUT2D eigenvalue weighted by molar-refractivity contribution is 6.43. The lowest BCUT2D eigenvalue weighted by Gasteiger charge is -2.18. The maximum atomic E-state index is 12.2. The Bertz CT molecular complexity index is 853. The molecule has 1 atom stereocenters. The van der Waals surface area contributed by atoms with Crippen molar-refractivity contribution in [2.24, 2.45) is 0 Å². The van der Waals surface area contributed by atoms with Gasteiger partial charge < -0.3 is 25.6 Å². The van der Waals surface area contributed by atoms with Gasteiger partial charge in [0.15, 0.2) is 0 Å². The smallest absolute Gasteiger partial charge is 0.475 e. The van der Waals surface area contributed by atoms with Gasteiger partial charge in [0, 0.05) is 0 Å². The molecule has 27 heavy (non-hydrogen) atoms. The molecular weight excluding hydrogens is 353 g/mol. The molecule has 0 radical (unpaired) electrons. The molecule has 2 aromatic rings. The van der Waals surface area contributed by atoms with Crippen LogP contribution in [-0.4, -0.2) is 51.2 Å². The molecule has 0 aliphatic heterocycles. The van der Waals surface area contributed by atoms with E-state index < -0.39 is 30.9 Å². The van der Waals surface area contributed by atoms with Crippen molar-refractivity contribution in [3.63, 3.8) is 0 Å². The van der Waals surface area contributed by atoms with Crippen LogP contribution in [0.25, 0.3) is 0 Å². The van der Waals surface area contributed by atoms with Gasteiger partial charge in [-0.3, -0.25) is 4.79 Å². The third-order valence-corrected chi connectivity index (χ3v) is 3.87. The summed E-state index contributed by atoms with van der Waals surface area (Å²) in [4.78, 5) is 34.2. The first-order valence-electron chi connectivity index (χ1n) is 8.06. The monoisotopic (exact) mass is 371 g/mol. The first-order valence-corrected chi connectivity index (χ1v) is 8.06. The largest absolute Gasteiger partial charge is 0.478 e. The molecule has 5 N–H and O–H groups in total. The molecule has 2 rings (SSSR count). The normalized spacial score (nSPS) is 11.5. The summed E-state index contributed by atoms with van der Waals surface area (Å²) >= 11 is 0. The van der Waals surface area contributed by atoms with Gasteiger partial charge in [0.05, 0.1) is 23.5 Å². The summed E-state index contributed by atoms with van der Waals surface area (Å²) in [7, 11) is -1.85. The van der Waals surface area contributed by atoms with Crippen molar-refractivity contribution in [2.75, 3.05) is 0 Å². The molecule has 9 heteroatoms. The number of nitrogens with one attached hydrogen (secondary N) is 1. The number of aromatic carboxylic acids is 2. The molecule has 0 heterocycles. The van der Waals surface area contributed by atoms with Gasteiger partial charge in [-0.15, -0.1) is 0 Å². The number of hydrogen-bond acceptors (Lipinski definition) is 5. The zero-order chi connectivity index (χ0) is 20.0. The summed E-state index contributed by atoms with van der Waals surface area (Å²) in [5.41, 5.74) is 1.08. The lowest BCUT2D eigenvalue weighted by Crippen LogP contribution is -2.48. The molecule has 0 unspecified atom stereocenters. The van der Waals surface area contributed by atoms with E-state index in [1.54, 1.807) is 12.1 Å². The van der Waals surface area contributed by atoms with E-state index in [0.29, 0.717) is 11.1 Å². The van der Waals surface area contributed by atoms with Gasteiger partial charge in [-0.05, 0) is 41.8 Å². The summed E-state index contributed by atoms with van der Waals surface area (Å²) < 4.78 is 0. The number of benzene rings is 2. The van der Waals surface area contributed by atoms with Crippen molar-refractivity contribution in [2.45, 2.75) is 18.8 Å². The second-order valence-corrected chi connectivity index (χ2v) is 5.98. The highest BCUT2D eigenvalue weighted by Gasteiger charge is 2.26. The number of carboxylic acids is 2. The molecule has 0 saturated heterocycles. The van der Waals surface area contributed by atoms with Crippen LogP contribution in [0.3, 0.4) is 0 Å². The van der Waals surface area contributed by atoms with Crippen LogP contribution in [0.1, 0.15) is 31.8 Å². The number of carbonyl (C=O) groups is 3. The molecule has 140 valence electrons.